The van der Waals surface area contributed by atoms with E-state index in [1.807, 2.05) is 26.8 Å². The molecule has 35 heavy (non-hydrogen) atoms. The first-order valence-electron chi connectivity index (χ1n) is 13.0. The summed E-state index contributed by atoms with van der Waals surface area (Å²) in [5, 5.41) is 1.06. The Morgan fingerprint density at radius 2 is 1.89 bits per heavy atom. The van der Waals surface area contributed by atoms with Crippen molar-refractivity contribution in [3.63, 3.8) is 0 Å². The molecule has 1 fully saturated rings. The topological polar surface area (TPSA) is 65.6 Å². The van der Waals surface area contributed by atoms with E-state index in [1.165, 1.54) is 11.6 Å². The molecule has 2 amide bonds. The number of ether oxygens (including phenoxy) is 1. The second-order valence-electron chi connectivity index (χ2n) is 11.8. The van der Waals surface area contributed by atoms with Crippen LogP contribution in [0.5, 0.6) is 0 Å². The molecule has 1 aromatic heterocycles. The molecule has 0 bridgehead atoms. The smallest absolute Gasteiger partial charge is 0.410 e. The molecule has 2 aliphatic rings. The third-order valence-electron chi connectivity index (χ3n) is 7.48. The van der Waals surface area contributed by atoms with Gasteiger partial charge in [-0.1, -0.05) is 13.8 Å². The van der Waals surface area contributed by atoms with Gasteiger partial charge in [0.05, 0.1) is 6.04 Å². The number of rotatable bonds is 4. The van der Waals surface area contributed by atoms with Gasteiger partial charge < -0.3 is 19.5 Å². The third-order valence-corrected chi connectivity index (χ3v) is 7.48. The van der Waals surface area contributed by atoms with E-state index >= 15 is 0 Å². The minimum atomic E-state index is -0.504. The van der Waals surface area contributed by atoms with Crippen LogP contribution in [0.1, 0.15) is 77.6 Å². The molecule has 192 valence electrons. The molecule has 2 heterocycles. The van der Waals surface area contributed by atoms with E-state index in [-0.39, 0.29) is 35.7 Å². The average Bonchev–Trinajstić information content (AvgIpc) is 3.14. The van der Waals surface area contributed by atoms with Gasteiger partial charge in [0.2, 0.25) is 5.91 Å². The second-order valence-corrected chi connectivity index (χ2v) is 11.8. The summed E-state index contributed by atoms with van der Waals surface area (Å²) in [4.78, 5) is 33.2. The first-order valence-corrected chi connectivity index (χ1v) is 13.0. The number of fused-ring (bicyclic) bond motifs is 3. The maximum atomic E-state index is 13.8. The molecule has 1 saturated carbocycles. The summed E-state index contributed by atoms with van der Waals surface area (Å²) in [6.45, 7) is 11.3. The van der Waals surface area contributed by atoms with E-state index < -0.39 is 5.60 Å². The molecule has 1 atom stereocenters. The molecule has 0 radical (unpaired) electrons. The number of halogens is 1. The Morgan fingerprint density at radius 1 is 1.20 bits per heavy atom. The number of carbonyl (C=O) groups excluding carboxylic acids is 2. The molecule has 7 heteroatoms. The van der Waals surface area contributed by atoms with E-state index in [9.17, 15) is 14.0 Å². The molecule has 1 aliphatic heterocycles. The van der Waals surface area contributed by atoms with Gasteiger partial charge in [0.25, 0.3) is 0 Å². The Bertz CT molecular complexity index is 1080. The number of carbonyl (C=O) groups is 2. The van der Waals surface area contributed by atoms with Crippen LogP contribution in [0.15, 0.2) is 18.2 Å². The molecule has 6 nitrogen and oxygen atoms in total. The van der Waals surface area contributed by atoms with Gasteiger partial charge in [-0.25, -0.2) is 9.18 Å². The van der Waals surface area contributed by atoms with Gasteiger partial charge in [0.15, 0.2) is 0 Å². The van der Waals surface area contributed by atoms with Crippen LogP contribution in [0.4, 0.5) is 9.18 Å². The van der Waals surface area contributed by atoms with E-state index in [1.54, 1.807) is 18.0 Å². The van der Waals surface area contributed by atoms with Crippen LogP contribution >= 0.6 is 0 Å². The fourth-order valence-corrected chi connectivity index (χ4v) is 5.87. The molecular weight excluding hydrogens is 445 g/mol. The first-order chi connectivity index (χ1) is 16.4. The van der Waals surface area contributed by atoms with Gasteiger partial charge in [-0.2, -0.15) is 0 Å². The Labute approximate surface area is 208 Å². The number of aromatic amines is 1. The predicted octanol–water partition coefficient (Wildman–Crippen LogP) is 6.06. The number of aromatic nitrogens is 1. The monoisotopic (exact) mass is 485 g/mol. The number of nitrogens with one attached hydrogen (secondary N) is 1. The van der Waals surface area contributed by atoms with Crippen LogP contribution in [0.25, 0.3) is 10.9 Å². The maximum Gasteiger partial charge on any atom is 0.410 e. The Balaban J connectivity index is 1.41. The van der Waals surface area contributed by atoms with Gasteiger partial charge in [0, 0.05) is 42.7 Å². The zero-order chi connectivity index (χ0) is 25.5. The van der Waals surface area contributed by atoms with Crippen molar-refractivity contribution in [2.45, 2.75) is 78.4 Å². The molecular formula is C28H40FN3O3. The Kier molecular flexibility index (Phi) is 7.16. The summed E-state index contributed by atoms with van der Waals surface area (Å²) in [7, 11) is 1.79. The molecule has 0 saturated heterocycles. The minimum absolute atomic E-state index is 0.0164. The van der Waals surface area contributed by atoms with Crippen molar-refractivity contribution in [3.8, 4) is 0 Å². The normalized spacial score (nSPS) is 22.9. The fourth-order valence-electron chi connectivity index (χ4n) is 5.87. The maximum absolute atomic E-state index is 13.8. The van der Waals surface area contributed by atoms with Crippen molar-refractivity contribution in [3.05, 3.63) is 35.3 Å². The molecule has 1 aromatic carbocycles. The van der Waals surface area contributed by atoms with E-state index in [4.69, 9.17) is 4.74 Å². The fraction of sp³-hybridized carbons (Fsp3) is 0.643. The van der Waals surface area contributed by atoms with Crippen molar-refractivity contribution in [1.82, 2.24) is 14.8 Å². The molecule has 1 unspecified atom stereocenters. The van der Waals surface area contributed by atoms with E-state index in [0.29, 0.717) is 19.0 Å². The molecule has 2 aromatic rings. The molecule has 1 aliphatic carbocycles. The van der Waals surface area contributed by atoms with Crippen LogP contribution in [0, 0.1) is 23.6 Å². The number of nitrogens with zero attached hydrogens (tertiary/aromatic N) is 2. The predicted molar refractivity (Wildman–Crippen MR) is 136 cm³/mol. The largest absolute Gasteiger partial charge is 0.444 e. The number of benzene rings is 1. The highest BCUT2D eigenvalue weighted by Gasteiger charge is 2.39. The zero-order valence-electron chi connectivity index (χ0n) is 22.0. The minimum Gasteiger partial charge on any atom is -0.444 e. The van der Waals surface area contributed by atoms with Gasteiger partial charge in [-0.3, -0.25) is 4.79 Å². The molecule has 0 spiro atoms. The van der Waals surface area contributed by atoms with Crippen LogP contribution in [-0.2, 0) is 16.0 Å². The number of amides is 2. The first kappa shape index (κ1) is 25.5. The Hall–Kier alpha value is -2.57. The molecule has 4 rings (SSSR count). The zero-order valence-corrected chi connectivity index (χ0v) is 22.0. The highest BCUT2D eigenvalue weighted by Crippen LogP contribution is 2.41. The summed E-state index contributed by atoms with van der Waals surface area (Å²) in [6.07, 6.45) is 4.04. The second kappa shape index (κ2) is 9.82. The van der Waals surface area contributed by atoms with Crippen molar-refractivity contribution in [2.75, 3.05) is 20.1 Å². The molecule has 1 N–H and O–H groups in total. The van der Waals surface area contributed by atoms with Gasteiger partial charge in [-0.15, -0.1) is 0 Å². The lowest BCUT2D eigenvalue weighted by atomic mass is 9.80. The van der Waals surface area contributed by atoms with Gasteiger partial charge in [-0.05, 0) is 88.5 Å². The van der Waals surface area contributed by atoms with Crippen LogP contribution in [-0.4, -0.2) is 52.5 Å². The van der Waals surface area contributed by atoms with E-state index in [2.05, 4.69) is 23.7 Å². The van der Waals surface area contributed by atoms with Crippen molar-refractivity contribution in [2.24, 2.45) is 17.8 Å². The van der Waals surface area contributed by atoms with Crippen molar-refractivity contribution >= 4 is 22.9 Å². The highest BCUT2D eigenvalue weighted by molar-refractivity contribution is 5.86. The summed E-state index contributed by atoms with van der Waals surface area (Å²) in [5.41, 5.74) is 2.59. The summed E-state index contributed by atoms with van der Waals surface area (Å²) in [5.74, 6) is 0.629. The Morgan fingerprint density at radius 3 is 2.51 bits per heavy atom. The van der Waals surface area contributed by atoms with Gasteiger partial charge in [0.1, 0.15) is 11.4 Å². The van der Waals surface area contributed by atoms with Crippen LogP contribution < -0.4 is 0 Å². The highest BCUT2D eigenvalue weighted by atomic mass is 19.1. The summed E-state index contributed by atoms with van der Waals surface area (Å²) in [6, 6.07) is 4.88. The lowest BCUT2D eigenvalue weighted by Crippen LogP contribution is -2.46. The number of hydrogen-bond donors (Lipinski definition) is 1. The standard InChI is InChI=1S/C28H40FN3O3/c1-17(2)25-24-22(21-12-11-20(29)15-23(21)30-24)13-14-32(25)26(33)19-9-7-18(8-10-19)16-31(6)27(34)35-28(3,4)5/h11-12,15,17-19,25,30H,7-10,13-14,16H2,1-6H3. The summed E-state index contributed by atoms with van der Waals surface area (Å²) >= 11 is 0. The number of H-pyrrole nitrogens is 1. The van der Waals surface area contributed by atoms with Crippen LogP contribution in [0.2, 0.25) is 0 Å². The van der Waals surface area contributed by atoms with Crippen LogP contribution in [0.3, 0.4) is 0 Å². The van der Waals surface area contributed by atoms with E-state index in [0.717, 1.165) is 48.7 Å². The lowest BCUT2D eigenvalue weighted by Gasteiger charge is -2.41. The van der Waals surface area contributed by atoms with Crippen molar-refractivity contribution in [1.29, 1.82) is 0 Å². The van der Waals surface area contributed by atoms with Gasteiger partial charge >= 0.3 is 6.09 Å². The third kappa shape index (κ3) is 5.49. The quantitative estimate of drug-likeness (QED) is 0.572. The number of hydrogen-bond acceptors (Lipinski definition) is 3. The lowest BCUT2D eigenvalue weighted by molar-refractivity contribution is -0.141. The SMILES string of the molecule is CC(C)C1c2[nH]c3cc(F)ccc3c2CCN1C(=O)C1CCC(CN(C)C(=O)OC(C)(C)C)CC1. The average molecular weight is 486 g/mol. The van der Waals surface area contributed by atoms with Crippen molar-refractivity contribution < 1.29 is 18.7 Å². The summed E-state index contributed by atoms with van der Waals surface area (Å²) < 4.78 is 19.3.